The molecule has 4 rings (SSSR count). The Morgan fingerprint density at radius 3 is 1.58 bits per heavy atom. The Kier molecular flexibility index (Phi) is 18.0. The van der Waals surface area contributed by atoms with Gasteiger partial charge in [-0.3, -0.25) is 30.0 Å². The van der Waals surface area contributed by atoms with Crippen LogP contribution in [-0.4, -0.2) is 26.8 Å². The van der Waals surface area contributed by atoms with Crippen molar-refractivity contribution >= 4 is 45.9 Å². The molecule has 4 aromatic carbocycles. The Hall–Kier alpha value is -5.99. The van der Waals surface area contributed by atoms with Gasteiger partial charge in [0, 0.05) is 35.9 Å². The molecule has 0 aliphatic carbocycles. The number of nitro groups is 2. The van der Waals surface area contributed by atoms with Crippen molar-refractivity contribution in [3.8, 4) is 11.5 Å². The number of carbonyl (C=O) groups is 1. The maximum absolute atomic E-state index is 12.2. The molecule has 0 heterocycles. The number of aliphatic hydroxyl groups is 1. The third-order valence-corrected chi connectivity index (χ3v) is 5.93. The van der Waals surface area contributed by atoms with E-state index in [0.717, 1.165) is 43.3 Å². The summed E-state index contributed by atoms with van der Waals surface area (Å²) in [7, 11) is 0. The fourth-order valence-corrected chi connectivity index (χ4v) is 3.53. The van der Waals surface area contributed by atoms with Gasteiger partial charge >= 0.3 is 46.3 Å². The zero-order valence-corrected chi connectivity index (χ0v) is 30.4. The standard InChI is InChI=1S/2C16H14N4O5.Co.Na/c2*1-10(21)15(16(23)17-11-5-3-2-4-6-11)19-18-13-9-12(20(24)25)7-8-14(13)22;;/h2*2-9,21-22H,1H3,(H,17,23);;/q;;+3;+1/p-4/b2*15-10-,19-18?;;. The first-order valence-electron chi connectivity index (χ1n) is 14.0. The van der Waals surface area contributed by atoms with Gasteiger partial charge in [-0.15, -0.1) is 10.9 Å². The Morgan fingerprint density at radius 1 is 0.712 bits per heavy atom. The summed E-state index contributed by atoms with van der Waals surface area (Å²) in [6, 6.07) is 22.5. The minimum atomic E-state index is -0.930. The maximum atomic E-state index is 12.2. The minimum Gasteiger partial charge on any atom is -0.874 e. The zero-order chi connectivity index (χ0) is 36.8. The zero-order valence-electron chi connectivity index (χ0n) is 27.3. The average molecular weight is 763 g/mol. The molecule has 1 amide bonds. The third kappa shape index (κ3) is 13.4. The summed E-state index contributed by atoms with van der Waals surface area (Å²) >= 11 is 0. The number of rotatable bonds is 10. The van der Waals surface area contributed by atoms with Crippen molar-refractivity contribution < 1.29 is 86.5 Å². The van der Waals surface area contributed by atoms with Crippen LogP contribution in [-0.2, 0) is 21.6 Å². The van der Waals surface area contributed by atoms with Gasteiger partial charge in [0.2, 0.25) is 0 Å². The molecule has 2 N–H and O–H groups in total. The van der Waals surface area contributed by atoms with Crippen molar-refractivity contribution in [1.82, 2.24) is 0 Å². The first kappa shape index (κ1) is 44.0. The van der Waals surface area contributed by atoms with Crippen molar-refractivity contribution in [2.45, 2.75) is 13.8 Å². The summed E-state index contributed by atoms with van der Waals surface area (Å²) in [4.78, 5) is 36.0. The quantitative estimate of drug-likeness (QED) is 0.0344. The summed E-state index contributed by atoms with van der Waals surface area (Å²) in [5.41, 5.74) is -1.60. The number of nitro benzene ring substituents is 2. The van der Waals surface area contributed by atoms with E-state index in [9.17, 15) is 50.6 Å². The predicted octanol–water partition coefficient (Wildman–Crippen LogP) is 1.62. The number of non-ortho nitro benzene ring substituents is 2. The van der Waals surface area contributed by atoms with Gasteiger partial charge in [0.15, 0.2) is 5.70 Å². The smallest absolute Gasteiger partial charge is 0.874 e. The van der Waals surface area contributed by atoms with Crippen LogP contribution in [0.25, 0.3) is 0 Å². The van der Waals surface area contributed by atoms with Crippen LogP contribution in [0.1, 0.15) is 13.8 Å². The van der Waals surface area contributed by atoms with Crippen LogP contribution in [0.2, 0.25) is 0 Å². The van der Waals surface area contributed by atoms with Gasteiger partial charge in [-0.25, -0.2) is 0 Å². The van der Waals surface area contributed by atoms with Crippen molar-refractivity contribution in [1.29, 1.82) is 0 Å². The Bertz CT molecular complexity index is 2040. The van der Waals surface area contributed by atoms with Gasteiger partial charge in [-0.05, 0) is 31.2 Å². The molecular formula is C32H24CoN8NaO10. The monoisotopic (exact) mass is 762 g/mol. The van der Waals surface area contributed by atoms with Gasteiger partial charge in [-0.2, -0.15) is 15.3 Å². The molecule has 0 aliphatic heterocycles. The van der Waals surface area contributed by atoms with E-state index in [2.05, 4.69) is 30.8 Å². The summed E-state index contributed by atoms with van der Waals surface area (Å²) in [5, 5.41) is 94.7. The molecule has 0 radical (unpaired) electrons. The topological polar surface area (TPSA) is 290 Å². The predicted molar refractivity (Wildman–Crippen MR) is 171 cm³/mol. The molecule has 0 saturated heterocycles. The molecule has 0 bridgehead atoms. The van der Waals surface area contributed by atoms with E-state index in [1.54, 1.807) is 60.7 Å². The third-order valence-electron chi connectivity index (χ3n) is 5.93. The number of carbonyl (C=O) groups excluding carboxylic acids is 1. The molecule has 18 nitrogen and oxygen atoms in total. The number of para-hydroxylation sites is 2. The van der Waals surface area contributed by atoms with Crippen molar-refractivity contribution in [2.24, 2.45) is 25.4 Å². The number of benzene rings is 4. The number of nitrogens with one attached hydrogen (secondary N) is 1. The van der Waals surface area contributed by atoms with Crippen molar-refractivity contribution in [3.05, 3.63) is 140 Å². The summed E-state index contributed by atoms with van der Waals surface area (Å²) in [6.45, 7) is 2.32. The number of amides is 1. The van der Waals surface area contributed by atoms with E-state index in [4.69, 9.17) is 0 Å². The summed E-state index contributed by atoms with van der Waals surface area (Å²) < 4.78 is 0. The van der Waals surface area contributed by atoms with E-state index in [0.29, 0.717) is 11.4 Å². The van der Waals surface area contributed by atoms with E-state index in [-0.39, 0.29) is 69.1 Å². The van der Waals surface area contributed by atoms with E-state index in [1.807, 2.05) is 0 Å². The molecule has 4 aromatic rings. The molecule has 262 valence electrons. The largest absolute Gasteiger partial charge is 3.00 e. The summed E-state index contributed by atoms with van der Waals surface area (Å²) in [6.07, 6.45) is 0. The van der Waals surface area contributed by atoms with Gasteiger partial charge in [0.25, 0.3) is 17.3 Å². The van der Waals surface area contributed by atoms with Crippen LogP contribution in [0.5, 0.6) is 11.5 Å². The molecular weight excluding hydrogens is 738 g/mol. The Labute approximate surface area is 327 Å². The number of hydrogen-bond donors (Lipinski definition) is 2. The van der Waals surface area contributed by atoms with E-state index >= 15 is 0 Å². The van der Waals surface area contributed by atoms with Crippen molar-refractivity contribution in [2.75, 3.05) is 5.32 Å². The first-order valence-corrected chi connectivity index (χ1v) is 14.0. The second-order valence-electron chi connectivity index (χ2n) is 9.63. The van der Waals surface area contributed by atoms with Crippen molar-refractivity contribution in [3.63, 3.8) is 0 Å². The summed E-state index contributed by atoms with van der Waals surface area (Å²) in [5.74, 6) is -4.04. The molecule has 0 spiro atoms. The molecule has 20 heteroatoms. The maximum Gasteiger partial charge on any atom is 3.00 e. The fraction of sp³-hybridized carbons (Fsp3) is 0.0625. The minimum absolute atomic E-state index is 0. The van der Waals surface area contributed by atoms with Gasteiger partial charge in [-0.1, -0.05) is 67.0 Å². The molecule has 0 unspecified atom stereocenters. The van der Waals surface area contributed by atoms with Crippen LogP contribution in [0, 0.1) is 20.2 Å². The van der Waals surface area contributed by atoms with Crippen LogP contribution < -0.4 is 55.3 Å². The number of allylic oxidation sites excluding steroid dienone is 2. The van der Waals surface area contributed by atoms with Crippen LogP contribution in [0.3, 0.4) is 0 Å². The molecule has 0 aromatic heterocycles. The van der Waals surface area contributed by atoms with Crippen LogP contribution in [0.15, 0.2) is 145 Å². The number of azo groups is 2. The van der Waals surface area contributed by atoms with Gasteiger partial charge < -0.3 is 30.8 Å². The normalized spacial score (nSPS) is 11.9. The Morgan fingerprint density at radius 2 is 1.15 bits per heavy atom. The van der Waals surface area contributed by atoms with Crippen LogP contribution in [0.4, 0.5) is 34.1 Å². The molecule has 0 aliphatic rings. The molecule has 0 atom stereocenters. The number of hydrogen-bond acceptors (Lipinski definition) is 15. The number of nitrogens with zero attached hydrogens (tertiary/aromatic N) is 7. The van der Waals surface area contributed by atoms with E-state index < -0.39 is 56.1 Å². The second-order valence-corrected chi connectivity index (χ2v) is 9.63. The van der Waals surface area contributed by atoms with Gasteiger partial charge in [0.05, 0.1) is 32.6 Å². The Balaban J connectivity index is 0.000000501. The number of aliphatic imine (C=N–C) groups is 1. The molecule has 0 fully saturated rings. The molecule has 0 saturated carbocycles. The van der Waals surface area contributed by atoms with Gasteiger partial charge in [0.1, 0.15) is 5.76 Å². The molecule has 52 heavy (non-hydrogen) atoms. The SMILES string of the molecule is C/C(O)=C(/N=Nc1cc([N+](=O)[O-])ccc1[O-])C(=O)Nc1ccccc1.C/C([O-])=C(/N=Nc1cc([N+](=O)[O-])ccc1[O-])C([O-])=Nc1ccccc1.[Co+3].[Na+]. The number of aliphatic hydroxyl groups excluding tert-OH is 1. The fourth-order valence-electron chi connectivity index (χ4n) is 3.53. The van der Waals surface area contributed by atoms with E-state index in [1.165, 1.54) is 6.92 Å². The second kappa shape index (κ2) is 21.3. The van der Waals surface area contributed by atoms with Crippen LogP contribution >= 0.6 is 0 Å². The number of anilines is 1. The average Bonchev–Trinajstić information content (AvgIpc) is 3.07. The first-order chi connectivity index (χ1) is 23.8.